The van der Waals surface area contributed by atoms with Gasteiger partial charge < -0.3 is 25.1 Å². The van der Waals surface area contributed by atoms with Crippen LogP contribution in [0.2, 0.25) is 0 Å². The van der Waals surface area contributed by atoms with E-state index in [1.807, 2.05) is 6.07 Å². The molecule has 1 aliphatic heterocycles. The Labute approximate surface area is 241 Å². The number of aromatic hydroxyl groups is 1. The Morgan fingerprint density at radius 1 is 1.17 bits per heavy atom. The first-order valence-electron chi connectivity index (χ1n) is 14.0. The second-order valence-corrected chi connectivity index (χ2v) is 12.0. The summed E-state index contributed by atoms with van der Waals surface area (Å²) < 4.78 is 10.8. The Hall–Kier alpha value is -3.71. The lowest BCUT2D eigenvalue weighted by atomic mass is 9.52. The second-order valence-electron chi connectivity index (χ2n) is 12.0. The monoisotopic (exact) mass is 579 g/mol. The molecule has 3 aliphatic carbocycles. The summed E-state index contributed by atoms with van der Waals surface area (Å²) in [6, 6.07) is 2.43. The van der Waals surface area contributed by atoms with Gasteiger partial charge in [0.2, 0.25) is 5.91 Å². The molecule has 2 saturated carbocycles. The molecule has 4 N–H and O–H groups in total. The van der Waals surface area contributed by atoms with E-state index in [1.165, 1.54) is 17.4 Å². The van der Waals surface area contributed by atoms with Crippen LogP contribution in [0.4, 0.5) is 0 Å². The van der Waals surface area contributed by atoms with Gasteiger partial charge in [0.1, 0.15) is 5.75 Å². The van der Waals surface area contributed by atoms with E-state index in [4.69, 9.17) is 14.9 Å². The smallest absolute Gasteiger partial charge is 0.235 e. The number of amides is 1. The van der Waals surface area contributed by atoms with Crippen LogP contribution in [-0.2, 0) is 36.9 Å². The van der Waals surface area contributed by atoms with Gasteiger partial charge in [0.15, 0.2) is 34.7 Å². The van der Waals surface area contributed by atoms with Gasteiger partial charge in [-0.05, 0) is 56.1 Å². The minimum atomic E-state index is -2.76. The predicted octanol–water partition coefficient (Wildman–Crippen LogP) is -0.0408. The lowest BCUT2D eigenvalue weighted by Crippen LogP contribution is -2.74. The molecule has 4 aliphatic rings. The fraction of sp³-hybridized carbons (Fsp3) is 0.500. The number of phenols is 1. The number of aliphatic hydroxyl groups is 1. The summed E-state index contributed by atoms with van der Waals surface area (Å²) in [4.78, 5) is 70.9. The van der Waals surface area contributed by atoms with Gasteiger partial charge in [0, 0.05) is 36.7 Å². The maximum atomic E-state index is 14.2. The van der Waals surface area contributed by atoms with Crippen molar-refractivity contribution in [3.05, 3.63) is 41.3 Å². The molecule has 0 spiro atoms. The van der Waals surface area contributed by atoms with Gasteiger partial charge >= 0.3 is 0 Å². The molecule has 0 radical (unpaired) electrons. The number of carbonyl (C=O) groups excluding carboxylic acids is 5. The first kappa shape index (κ1) is 28.4. The number of carbonyl (C=O) groups is 5. The highest BCUT2D eigenvalue weighted by Gasteiger charge is 2.69. The van der Waals surface area contributed by atoms with Crippen LogP contribution < -0.4 is 5.73 Å². The number of hydrogen-bond acceptors (Lipinski definition) is 11. The number of furan rings is 1. The molecule has 222 valence electrons. The van der Waals surface area contributed by atoms with Crippen molar-refractivity contribution in [2.75, 3.05) is 40.4 Å². The number of fused-ring (bicyclic) bond motifs is 3. The normalized spacial score (nSPS) is 31.6. The highest BCUT2D eigenvalue weighted by molar-refractivity contribution is 6.32. The van der Waals surface area contributed by atoms with E-state index < -0.39 is 64.4 Å². The zero-order valence-electron chi connectivity index (χ0n) is 23.4. The summed E-state index contributed by atoms with van der Waals surface area (Å²) in [7, 11) is 3.11. The number of rotatable bonds is 5. The van der Waals surface area contributed by atoms with Gasteiger partial charge in [-0.15, -0.1) is 0 Å². The van der Waals surface area contributed by atoms with Crippen molar-refractivity contribution in [2.45, 2.75) is 31.0 Å². The Balaban J connectivity index is 1.48. The van der Waals surface area contributed by atoms with Gasteiger partial charge in [-0.2, -0.15) is 0 Å². The Morgan fingerprint density at radius 2 is 1.88 bits per heavy atom. The Bertz CT molecular complexity index is 1490. The van der Waals surface area contributed by atoms with E-state index in [2.05, 4.69) is 4.90 Å². The minimum absolute atomic E-state index is 0.00892. The molecule has 0 bridgehead atoms. The van der Waals surface area contributed by atoms with Crippen molar-refractivity contribution in [1.29, 1.82) is 0 Å². The van der Waals surface area contributed by atoms with Crippen LogP contribution >= 0.6 is 0 Å². The number of nitrogens with zero attached hydrogens (tertiary/aromatic N) is 2. The number of benzene rings is 1. The molecule has 6 rings (SSSR count). The van der Waals surface area contributed by atoms with Crippen LogP contribution in [0, 0.1) is 23.7 Å². The molecule has 12 nitrogen and oxygen atoms in total. The van der Waals surface area contributed by atoms with E-state index in [0.29, 0.717) is 55.1 Å². The SMILES string of the molecule is CN(C)[C@H]1C(=O)C(C(N)=O)C(=O)[C@]2(O)C(=O)C3C(=O)c4c(O)c(CN5CCOCC5)cc(-c5ccoc5)c4C[C@@H]3C[C@H]12. The van der Waals surface area contributed by atoms with Crippen molar-refractivity contribution in [3.8, 4) is 16.9 Å². The third-order valence-corrected chi connectivity index (χ3v) is 9.47. The third-order valence-electron chi connectivity index (χ3n) is 9.47. The van der Waals surface area contributed by atoms with E-state index in [9.17, 15) is 34.2 Å². The van der Waals surface area contributed by atoms with E-state index in [0.717, 1.165) is 0 Å². The summed E-state index contributed by atoms with van der Waals surface area (Å²) in [5.74, 6) is -10.6. The van der Waals surface area contributed by atoms with Crippen LogP contribution in [0.5, 0.6) is 5.75 Å². The average Bonchev–Trinajstić information content (AvgIpc) is 3.47. The third kappa shape index (κ3) is 4.08. The van der Waals surface area contributed by atoms with Gasteiger partial charge in [-0.3, -0.25) is 33.8 Å². The van der Waals surface area contributed by atoms with Crippen LogP contribution in [0.1, 0.15) is 27.9 Å². The van der Waals surface area contributed by atoms with Gasteiger partial charge in [-0.1, -0.05) is 0 Å². The van der Waals surface area contributed by atoms with Crippen LogP contribution in [-0.4, -0.2) is 101 Å². The number of morpholine rings is 1. The molecule has 2 heterocycles. The topological polar surface area (TPSA) is 181 Å². The van der Waals surface area contributed by atoms with E-state index >= 15 is 0 Å². The quantitative estimate of drug-likeness (QED) is 0.405. The number of ether oxygens (including phenoxy) is 1. The number of primary amides is 1. The molecule has 42 heavy (non-hydrogen) atoms. The molecular formula is C30H33N3O9. The maximum Gasteiger partial charge on any atom is 0.235 e. The largest absolute Gasteiger partial charge is 0.507 e. The molecule has 3 fully saturated rings. The molecule has 6 atom stereocenters. The first-order chi connectivity index (χ1) is 20.0. The fourth-order valence-electron chi connectivity index (χ4n) is 7.52. The summed E-state index contributed by atoms with van der Waals surface area (Å²) in [6.45, 7) is 2.68. The van der Waals surface area contributed by atoms with Crippen LogP contribution in [0.15, 0.2) is 29.1 Å². The van der Waals surface area contributed by atoms with Crippen molar-refractivity contribution in [1.82, 2.24) is 9.80 Å². The van der Waals surface area contributed by atoms with Crippen LogP contribution in [0.3, 0.4) is 0 Å². The molecule has 2 unspecified atom stereocenters. The number of nitrogens with two attached hydrogens (primary N) is 1. The number of likely N-dealkylation sites (N-methyl/N-ethyl adjacent to an activating group) is 1. The first-order valence-corrected chi connectivity index (χ1v) is 14.0. The lowest BCUT2D eigenvalue weighted by Gasteiger charge is -2.52. The molecule has 1 amide bonds. The zero-order chi connectivity index (χ0) is 30.1. The highest BCUT2D eigenvalue weighted by atomic mass is 16.5. The van der Waals surface area contributed by atoms with Crippen molar-refractivity contribution in [2.24, 2.45) is 29.4 Å². The van der Waals surface area contributed by atoms with Crippen molar-refractivity contribution in [3.63, 3.8) is 0 Å². The van der Waals surface area contributed by atoms with Crippen molar-refractivity contribution < 1.29 is 43.3 Å². The molecule has 1 aromatic heterocycles. The summed E-state index contributed by atoms with van der Waals surface area (Å²) in [5.41, 5.74) is 5.00. The Morgan fingerprint density at radius 3 is 2.50 bits per heavy atom. The summed E-state index contributed by atoms with van der Waals surface area (Å²) in [5, 5.41) is 23.3. The summed E-state index contributed by atoms with van der Waals surface area (Å²) in [6.07, 6.45) is 3.21. The van der Waals surface area contributed by atoms with Gasteiger partial charge in [0.25, 0.3) is 0 Å². The molecule has 1 saturated heterocycles. The average molecular weight is 580 g/mol. The van der Waals surface area contributed by atoms with Gasteiger partial charge in [0.05, 0.1) is 43.3 Å². The number of phenolic OH excluding ortho intramolecular Hbond substituents is 1. The Kier molecular flexibility index (Phi) is 6.92. The molecule has 2 aromatic rings. The number of ketones is 4. The summed E-state index contributed by atoms with van der Waals surface area (Å²) >= 11 is 0. The zero-order valence-corrected chi connectivity index (χ0v) is 23.4. The second kappa shape index (κ2) is 10.2. The van der Waals surface area contributed by atoms with Crippen LogP contribution in [0.25, 0.3) is 11.1 Å². The fourth-order valence-corrected chi connectivity index (χ4v) is 7.52. The molecule has 1 aromatic carbocycles. The number of hydrogen-bond donors (Lipinski definition) is 3. The van der Waals surface area contributed by atoms with E-state index in [1.54, 1.807) is 20.2 Å². The number of Topliss-reactive ketones (excluding diaryl/α,β-unsaturated/α-hetero) is 4. The molecular weight excluding hydrogens is 546 g/mol. The van der Waals surface area contributed by atoms with Gasteiger partial charge in [-0.25, -0.2) is 0 Å². The predicted molar refractivity (Wildman–Crippen MR) is 145 cm³/mol. The van der Waals surface area contributed by atoms with E-state index in [-0.39, 0.29) is 24.2 Å². The van der Waals surface area contributed by atoms with Crippen molar-refractivity contribution >= 4 is 29.0 Å². The standard InChI is InChI=1S/C30H33N3O9/c1-32(2)23-19-11-15-9-18-17(14-3-6-42-13-14)10-16(12-33-4-7-41-8-5-33)24(34)21(18)25(35)20(15)27(37)30(19,40)28(38)22(26(23)36)29(31)39/h3,6,10,13,15,19-20,22-23,34,40H,4-5,7-9,11-12H2,1-2H3,(H2,31,39)/t15-,19-,20?,22?,23-,30-/m1/s1. The maximum absolute atomic E-state index is 14.2. The minimum Gasteiger partial charge on any atom is -0.507 e. The lowest BCUT2D eigenvalue weighted by molar-refractivity contribution is -0.181. The molecule has 12 heteroatoms. The highest BCUT2D eigenvalue weighted by Crippen LogP contribution is 2.52.